The highest BCUT2D eigenvalue weighted by Gasteiger charge is 2.07. The summed E-state index contributed by atoms with van der Waals surface area (Å²) >= 11 is 0. The second-order valence-electron chi connectivity index (χ2n) is 9.25. The average Bonchev–Trinajstić information content (AvgIpc) is 3.79. The Bertz CT molecular complexity index is 2110. The van der Waals surface area contributed by atoms with E-state index in [2.05, 4.69) is 54.9 Å². The van der Waals surface area contributed by atoms with Crippen LogP contribution in [0.2, 0.25) is 0 Å². The molecular weight excluding hydrogens is 566 g/mol. The van der Waals surface area contributed by atoms with Crippen LogP contribution in [0.5, 0.6) is 0 Å². The molecule has 19 nitrogen and oxygen atoms in total. The smallest absolute Gasteiger partial charge is 0.224 e. The van der Waals surface area contributed by atoms with Gasteiger partial charge in [-0.3, -0.25) is 4.68 Å². The molecule has 0 unspecified atom stereocenters. The number of aryl methyl sites for hydroxylation is 4. The minimum Gasteiger partial charge on any atom is -0.383 e. The molecular formula is C25H29N19. The van der Waals surface area contributed by atoms with Gasteiger partial charge < -0.3 is 36.6 Å². The highest BCUT2D eigenvalue weighted by Crippen LogP contribution is 2.16. The maximum Gasteiger partial charge on any atom is 0.224 e. The van der Waals surface area contributed by atoms with Crippen LogP contribution in [-0.4, -0.2) is 73.3 Å². The Balaban J connectivity index is 0.000000117. The van der Waals surface area contributed by atoms with E-state index < -0.39 is 0 Å². The summed E-state index contributed by atoms with van der Waals surface area (Å²) in [6.45, 7) is 0. The number of aromatic nitrogens is 15. The molecule has 0 aromatic carbocycles. The normalized spacial score (nSPS) is 10.6. The van der Waals surface area contributed by atoms with Crippen molar-refractivity contribution in [1.82, 2.24) is 73.3 Å². The van der Waals surface area contributed by atoms with Crippen molar-refractivity contribution in [2.75, 3.05) is 22.9 Å². The Hall–Kier alpha value is -6.53. The molecule has 0 saturated heterocycles. The maximum absolute atomic E-state index is 5.57. The molecule has 0 bridgehead atoms. The summed E-state index contributed by atoms with van der Waals surface area (Å²) in [4.78, 5) is 39.7. The molecule has 8 aromatic heterocycles. The van der Waals surface area contributed by atoms with Crippen LogP contribution >= 0.6 is 0 Å². The quantitative estimate of drug-likeness (QED) is 0.185. The van der Waals surface area contributed by atoms with E-state index in [-0.39, 0.29) is 5.95 Å². The lowest BCUT2D eigenvalue weighted by Crippen LogP contribution is -2.01. The van der Waals surface area contributed by atoms with E-state index in [9.17, 15) is 0 Å². The number of rotatable bonds is 0. The van der Waals surface area contributed by atoms with Gasteiger partial charge in [-0.05, 0) is 12.1 Å². The number of nitrogens with two attached hydrogens (primary N) is 4. The summed E-state index contributed by atoms with van der Waals surface area (Å²) in [6, 6.07) is 3.83. The van der Waals surface area contributed by atoms with Crippen molar-refractivity contribution in [3.63, 3.8) is 0 Å². The number of imidazole rings is 3. The minimum absolute atomic E-state index is 0.170. The molecule has 0 aliphatic rings. The van der Waals surface area contributed by atoms with Gasteiger partial charge in [-0.2, -0.15) is 15.1 Å². The third-order valence-electron chi connectivity index (χ3n) is 6.16. The van der Waals surface area contributed by atoms with Gasteiger partial charge in [0.2, 0.25) is 5.95 Å². The lowest BCUT2D eigenvalue weighted by molar-refractivity contribution is 0.785. The first kappa shape index (κ1) is 29.0. The first-order valence-corrected chi connectivity index (χ1v) is 12.8. The van der Waals surface area contributed by atoms with Crippen molar-refractivity contribution in [2.24, 2.45) is 28.2 Å². The first-order chi connectivity index (χ1) is 21.1. The molecule has 8 rings (SSSR count). The van der Waals surface area contributed by atoms with Crippen molar-refractivity contribution in [3.8, 4) is 0 Å². The molecule has 0 saturated carbocycles. The topological polar surface area (TPSA) is 266 Å². The summed E-state index contributed by atoms with van der Waals surface area (Å²) in [5.74, 6) is 1.39. The fourth-order valence-electron chi connectivity index (χ4n) is 3.95. The Morgan fingerprint density at radius 3 is 1.86 bits per heavy atom. The Morgan fingerprint density at radius 2 is 1.18 bits per heavy atom. The molecule has 0 spiro atoms. The number of hydrogen-bond donors (Lipinski definition) is 4. The molecule has 19 heteroatoms. The van der Waals surface area contributed by atoms with E-state index in [1.807, 2.05) is 44.9 Å². The zero-order chi connectivity index (χ0) is 31.4. The van der Waals surface area contributed by atoms with Crippen LogP contribution in [0, 0.1) is 0 Å². The summed E-state index contributed by atoms with van der Waals surface area (Å²) in [5.41, 5.74) is 27.4. The van der Waals surface area contributed by atoms with Gasteiger partial charge in [-0.1, -0.05) is 0 Å². The van der Waals surface area contributed by atoms with Gasteiger partial charge >= 0.3 is 0 Å². The summed E-state index contributed by atoms with van der Waals surface area (Å²) < 4.78 is 7.10. The maximum atomic E-state index is 5.57. The van der Waals surface area contributed by atoms with Gasteiger partial charge in [0.1, 0.15) is 35.0 Å². The van der Waals surface area contributed by atoms with Crippen LogP contribution in [0.4, 0.5) is 23.4 Å². The SMILES string of the molecule is Cn1cnc2c(N)nc(N)nc21.Cn1cnc2c(N)ncnc21.Cn1cnc2cccnc21.Cn1ncc2c(N)ncnc21. The fourth-order valence-corrected chi connectivity index (χ4v) is 3.95. The first-order valence-electron chi connectivity index (χ1n) is 12.8. The number of anilines is 4. The third-order valence-corrected chi connectivity index (χ3v) is 6.16. The fraction of sp³-hybridized carbons (Fsp3) is 0.160. The monoisotopic (exact) mass is 595 g/mol. The van der Waals surface area contributed by atoms with E-state index in [0.29, 0.717) is 34.1 Å². The summed E-state index contributed by atoms with van der Waals surface area (Å²) in [5, 5.41) is 4.79. The molecule has 0 atom stereocenters. The second kappa shape index (κ2) is 12.1. The van der Waals surface area contributed by atoms with Crippen LogP contribution in [-0.2, 0) is 28.2 Å². The van der Waals surface area contributed by atoms with Gasteiger partial charge in [-0.15, -0.1) is 0 Å². The molecule has 44 heavy (non-hydrogen) atoms. The number of fused-ring (bicyclic) bond motifs is 4. The van der Waals surface area contributed by atoms with Crippen LogP contribution in [0.3, 0.4) is 0 Å². The molecule has 0 fully saturated rings. The van der Waals surface area contributed by atoms with Crippen molar-refractivity contribution in [2.45, 2.75) is 0 Å². The number of nitrogens with zero attached hydrogens (tertiary/aromatic N) is 15. The van der Waals surface area contributed by atoms with Crippen LogP contribution in [0.25, 0.3) is 44.5 Å². The standard InChI is InChI=1S/C7H7N3.C6H8N6.2C6H7N5/c1-10-5-9-6-3-2-4-8-7(6)10;1-12-2-9-3-4(7)10-6(8)11-5(3)12;1-11-3-10-4-5(7)8-2-9-6(4)11;1-11-6-4(2-10-11)5(7)8-3-9-6/h2-5H,1H3;2H,1H3,(H4,7,8,10,11);2*2-3H,1H3,(H2,7,8,9). The predicted molar refractivity (Wildman–Crippen MR) is 165 cm³/mol. The van der Waals surface area contributed by atoms with Crippen molar-refractivity contribution < 1.29 is 0 Å². The molecule has 0 amide bonds. The van der Waals surface area contributed by atoms with E-state index in [1.165, 1.54) is 12.7 Å². The largest absolute Gasteiger partial charge is 0.383 e. The highest BCUT2D eigenvalue weighted by atomic mass is 15.3. The lowest BCUT2D eigenvalue weighted by Gasteiger charge is -1.96. The van der Waals surface area contributed by atoms with E-state index >= 15 is 0 Å². The van der Waals surface area contributed by atoms with Crippen molar-refractivity contribution >= 4 is 67.9 Å². The van der Waals surface area contributed by atoms with Gasteiger partial charge in [0.05, 0.1) is 30.6 Å². The zero-order valence-electron chi connectivity index (χ0n) is 24.2. The summed E-state index contributed by atoms with van der Waals surface area (Å²) in [7, 11) is 7.43. The molecule has 8 aromatic rings. The minimum atomic E-state index is 0.170. The van der Waals surface area contributed by atoms with E-state index in [4.69, 9.17) is 22.9 Å². The number of nitrogen functional groups attached to an aromatic ring is 4. The average molecular weight is 596 g/mol. The zero-order valence-corrected chi connectivity index (χ0v) is 24.2. The Labute approximate surface area is 248 Å². The molecule has 0 aliphatic carbocycles. The lowest BCUT2D eigenvalue weighted by atomic mass is 10.4. The van der Waals surface area contributed by atoms with Gasteiger partial charge in [0, 0.05) is 34.4 Å². The van der Waals surface area contributed by atoms with Crippen molar-refractivity contribution in [1.29, 1.82) is 0 Å². The van der Waals surface area contributed by atoms with Crippen LogP contribution < -0.4 is 22.9 Å². The van der Waals surface area contributed by atoms with Crippen LogP contribution in [0.15, 0.2) is 56.2 Å². The van der Waals surface area contributed by atoms with Gasteiger partial charge in [0.25, 0.3) is 0 Å². The van der Waals surface area contributed by atoms with E-state index in [0.717, 1.165) is 27.8 Å². The molecule has 0 radical (unpaired) electrons. The Kier molecular flexibility index (Phi) is 8.00. The number of pyridine rings is 1. The molecule has 224 valence electrons. The van der Waals surface area contributed by atoms with Gasteiger partial charge in [0.15, 0.2) is 34.2 Å². The van der Waals surface area contributed by atoms with Crippen molar-refractivity contribution in [3.05, 3.63) is 56.2 Å². The summed E-state index contributed by atoms with van der Waals surface area (Å²) in [6.07, 6.45) is 11.3. The van der Waals surface area contributed by atoms with E-state index in [1.54, 1.807) is 45.2 Å². The third kappa shape index (κ3) is 5.91. The Morgan fingerprint density at radius 1 is 0.568 bits per heavy atom. The molecule has 0 aliphatic heterocycles. The molecule has 8 N–H and O–H groups in total. The molecule has 8 heterocycles. The van der Waals surface area contributed by atoms with Gasteiger partial charge in [-0.25, -0.2) is 39.9 Å². The number of hydrogen-bond acceptors (Lipinski definition) is 15. The predicted octanol–water partition coefficient (Wildman–Crippen LogP) is 0.387. The highest BCUT2D eigenvalue weighted by molar-refractivity contribution is 5.84. The second-order valence-corrected chi connectivity index (χ2v) is 9.25. The van der Waals surface area contributed by atoms with Crippen LogP contribution in [0.1, 0.15) is 0 Å².